The van der Waals surface area contributed by atoms with E-state index in [0.717, 1.165) is 18.5 Å². The third kappa shape index (κ3) is 2.10. The number of aryl methyl sites for hydroxylation is 1. The topological polar surface area (TPSA) is 48.0 Å². The summed E-state index contributed by atoms with van der Waals surface area (Å²) in [5, 5.41) is 1.34. The number of pyridine rings is 1. The van der Waals surface area contributed by atoms with Gasteiger partial charge in [-0.15, -0.1) is 0 Å². The lowest BCUT2D eigenvalue weighted by atomic mass is 10.2. The summed E-state index contributed by atoms with van der Waals surface area (Å²) in [5.41, 5.74) is 6.37. The van der Waals surface area contributed by atoms with Gasteiger partial charge in [-0.1, -0.05) is 11.6 Å². The summed E-state index contributed by atoms with van der Waals surface area (Å²) < 4.78 is 2.01. The minimum atomic E-state index is 0.0238. The Balaban J connectivity index is 2.61. The first kappa shape index (κ1) is 11.2. The summed E-state index contributed by atoms with van der Waals surface area (Å²) in [7, 11) is 0. The van der Waals surface area contributed by atoms with Crippen LogP contribution in [0.25, 0.3) is 10.9 Å². The Kier molecular flexibility index (Phi) is 3.27. The third-order valence-electron chi connectivity index (χ3n) is 2.54. The Morgan fingerprint density at radius 1 is 1.31 bits per heavy atom. The molecule has 84 valence electrons. The van der Waals surface area contributed by atoms with E-state index in [-0.39, 0.29) is 5.43 Å². The van der Waals surface area contributed by atoms with Gasteiger partial charge in [0.2, 0.25) is 0 Å². The molecule has 0 radical (unpaired) electrons. The quantitative estimate of drug-likeness (QED) is 0.886. The van der Waals surface area contributed by atoms with Crippen LogP contribution in [0, 0.1) is 0 Å². The van der Waals surface area contributed by atoms with Crippen molar-refractivity contribution in [1.29, 1.82) is 0 Å². The average Bonchev–Trinajstić information content (AvgIpc) is 2.28. The van der Waals surface area contributed by atoms with E-state index in [4.69, 9.17) is 17.3 Å². The first-order chi connectivity index (χ1) is 7.72. The van der Waals surface area contributed by atoms with Crippen molar-refractivity contribution in [2.24, 2.45) is 5.73 Å². The second-order valence-corrected chi connectivity index (χ2v) is 4.11. The zero-order valence-electron chi connectivity index (χ0n) is 8.82. The van der Waals surface area contributed by atoms with Crippen LogP contribution in [0.5, 0.6) is 0 Å². The molecular weight excluding hydrogens is 224 g/mol. The van der Waals surface area contributed by atoms with Crippen LogP contribution in [0.4, 0.5) is 0 Å². The molecule has 0 bridgehead atoms. The van der Waals surface area contributed by atoms with Crippen LogP contribution in [-0.2, 0) is 6.54 Å². The summed E-state index contributed by atoms with van der Waals surface area (Å²) in [6, 6.07) is 6.89. The number of benzene rings is 1. The van der Waals surface area contributed by atoms with Gasteiger partial charge in [0.15, 0.2) is 5.43 Å². The molecule has 0 amide bonds. The predicted octanol–water partition coefficient (Wildman–Crippen LogP) is 2.00. The highest BCUT2D eigenvalue weighted by molar-refractivity contribution is 6.31. The number of nitrogens with two attached hydrogens (primary N) is 1. The van der Waals surface area contributed by atoms with Crippen LogP contribution in [0.1, 0.15) is 6.42 Å². The molecular formula is C12H13ClN2O. The van der Waals surface area contributed by atoms with Gasteiger partial charge < -0.3 is 10.3 Å². The van der Waals surface area contributed by atoms with Gasteiger partial charge in [0.1, 0.15) is 0 Å². The molecule has 2 rings (SSSR count). The lowest BCUT2D eigenvalue weighted by molar-refractivity contribution is 0.666. The number of aromatic nitrogens is 1. The molecule has 0 saturated carbocycles. The Morgan fingerprint density at radius 3 is 2.88 bits per heavy atom. The maximum absolute atomic E-state index is 11.6. The van der Waals surface area contributed by atoms with E-state index < -0.39 is 0 Å². The van der Waals surface area contributed by atoms with Gasteiger partial charge in [-0.25, -0.2) is 0 Å². The summed E-state index contributed by atoms with van der Waals surface area (Å²) in [6.45, 7) is 1.43. The number of fused-ring (bicyclic) bond motifs is 1. The van der Waals surface area contributed by atoms with Gasteiger partial charge in [0.05, 0.1) is 5.52 Å². The molecule has 3 nitrogen and oxygen atoms in total. The summed E-state index contributed by atoms with van der Waals surface area (Å²) in [5.74, 6) is 0. The highest BCUT2D eigenvalue weighted by Crippen LogP contribution is 2.16. The molecule has 0 spiro atoms. The molecule has 1 aromatic heterocycles. The number of rotatable bonds is 3. The lowest BCUT2D eigenvalue weighted by Gasteiger charge is -2.09. The van der Waals surface area contributed by atoms with E-state index in [1.54, 1.807) is 24.4 Å². The highest BCUT2D eigenvalue weighted by atomic mass is 35.5. The van der Waals surface area contributed by atoms with Crippen LogP contribution in [0.15, 0.2) is 35.3 Å². The maximum atomic E-state index is 11.6. The van der Waals surface area contributed by atoms with Crippen molar-refractivity contribution in [3.8, 4) is 0 Å². The smallest absolute Gasteiger partial charge is 0.189 e. The first-order valence-electron chi connectivity index (χ1n) is 5.21. The molecule has 2 N–H and O–H groups in total. The number of hydrogen-bond donors (Lipinski definition) is 1. The standard InChI is InChI=1S/C12H13ClN2O/c13-9-2-3-10-11(8-9)15(6-1-5-14)7-4-12(10)16/h2-4,7-8H,1,5-6,14H2. The second-order valence-electron chi connectivity index (χ2n) is 3.68. The van der Waals surface area contributed by atoms with Crippen molar-refractivity contribution in [3.63, 3.8) is 0 Å². The summed E-state index contributed by atoms with van der Waals surface area (Å²) >= 11 is 5.94. The van der Waals surface area contributed by atoms with Gasteiger partial charge in [0.25, 0.3) is 0 Å². The Hall–Kier alpha value is -1.32. The summed E-state index contributed by atoms with van der Waals surface area (Å²) in [6.07, 6.45) is 2.67. The van der Waals surface area contributed by atoms with Gasteiger partial charge in [0, 0.05) is 29.2 Å². The van der Waals surface area contributed by atoms with E-state index in [1.165, 1.54) is 0 Å². The Labute approximate surface area is 98.4 Å². The van der Waals surface area contributed by atoms with Gasteiger partial charge >= 0.3 is 0 Å². The monoisotopic (exact) mass is 236 g/mol. The molecule has 0 saturated heterocycles. The SMILES string of the molecule is NCCCn1ccc(=O)c2ccc(Cl)cc21. The van der Waals surface area contributed by atoms with E-state index >= 15 is 0 Å². The van der Waals surface area contributed by atoms with E-state index in [0.29, 0.717) is 17.0 Å². The highest BCUT2D eigenvalue weighted by Gasteiger charge is 2.02. The fourth-order valence-corrected chi connectivity index (χ4v) is 1.90. The zero-order chi connectivity index (χ0) is 11.5. The van der Waals surface area contributed by atoms with Gasteiger partial charge in [-0.05, 0) is 31.2 Å². The molecule has 2 aromatic rings. The molecule has 0 atom stereocenters. The van der Waals surface area contributed by atoms with Crippen molar-refractivity contribution in [2.75, 3.05) is 6.54 Å². The largest absolute Gasteiger partial charge is 0.347 e. The molecule has 0 unspecified atom stereocenters. The molecule has 16 heavy (non-hydrogen) atoms. The normalized spacial score (nSPS) is 10.9. The van der Waals surface area contributed by atoms with Crippen LogP contribution in [0.3, 0.4) is 0 Å². The van der Waals surface area contributed by atoms with Crippen LogP contribution in [-0.4, -0.2) is 11.1 Å². The molecule has 0 aliphatic carbocycles. The second kappa shape index (κ2) is 4.68. The minimum absolute atomic E-state index is 0.0238. The van der Waals surface area contributed by atoms with Crippen LogP contribution < -0.4 is 11.2 Å². The van der Waals surface area contributed by atoms with Crippen molar-refractivity contribution in [1.82, 2.24) is 4.57 Å². The molecule has 1 aromatic carbocycles. The maximum Gasteiger partial charge on any atom is 0.189 e. The first-order valence-corrected chi connectivity index (χ1v) is 5.59. The summed E-state index contributed by atoms with van der Waals surface area (Å²) in [4.78, 5) is 11.6. The molecule has 0 aliphatic heterocycles. The number of hydrogen-bond acceptors (Lipinski definition) is 2. The minimum Gasteiger partial charge on any atom is -0.347 e. The number of halogens is 1. The van der Waals surface area contributed by atoms with Gasteiger partial charge in [-0.2, -0.15) is 0 Å². The molecule has 0 aliphatic rings. The van der Waals surface area contributed by atoms with Gasteiger partial charge in [-0.3, -0.25) is 4.79 Å². The van der Waals surface area contributed by atoms with E-state index in [9.17, 15) is 4.79 Å². The van der Waals surface area contributed by atoms with E-state index in [2.05, 4.69) is 0 Å². The van der Waals surface area contributed by atoms with Crippen molar-refractivity contribution < 1.29 is 0 Å². The average molecular weight is 237 g/mol. The van der Waals surface area contributed by atoms with Crippen molar-refractivity contribution in [3.05, 3.63) is 45.7 Å². The Morgan fingerprint density at radius 2 is 2.12 bits per heavy atom. The third-order valence-corrected chi connectivity index (χ3v) is 2.78. The number of nitrogens with zero attached hydrogens (tertiary/aromatic N) is 1. The van der Waals surface area contributed by atoms with Crippen LogP contribution in [0.2, 0.25) is 5.02 Å². The molecule has 4 heteroatoms. The fraction of sp³-hybridized carbons (Fsp3) is 0.250. The van der Waals surface area contributed by atoms with Crippen LogP contribution >= 0.6 is 11.6 Å². The molecule has 0 fully saturated rings. The fourth-order valence-electron chi connectivity index (χ4n) is 1.74. The molecule has 1 heterocycles. The van der Waals surface area contributed by atoms with E-state index in [1.807, 2.05) is 10.6 Å². The van der Waals surface area contributed by atoms with Crippen molar-refractivity contribution >= 4 is 22.5 Å². The van der Waals surface area contributed by atoms with Crippen molar-refractivity contribution in [2.45, 2.75) is 13.0 Å². The lowest BCUT2D eigenvalue weighted by Crippen LogP contribution is -2.10. The Bertz CT molecular complexity index is 562. The predicted molar refractivity (Wildman–Crippen MR) is 66.9 cm³/mol. The zero-order valence-corrected chi connectivity index (χ0v) is 9.57.